The highest BCUT2D eigenvalue weighted by molar-refractivity contribution is 5.82. The van der Waals surface area contributed by atoms with E-state index in [-0.39, 0.29) is 6.01 Å². The molecule has 0 radical (unpaired) electrons. The zero-order chi connectivity index (χ0) is 17.9. The van der Waals surface area contributed by atoms with Gasteiger partial charge in [-0.15, -0.1) is 0 Å². The lowest BCUT2D eigenvalue weighted by molar-refractivity contribution is 0.378. The maximum atomic E-state index is 5.28. The fraction of sp³-hybridized carbons (Fsp3) is 0.150. The SMILES string of the molecule is COc1nc(NCc2ccccc2)nc(-n2c(C)cc3ccccc32)n1. The Morgan fingerprint density at radius 3 is 2.54 bits per heavy atom. The predicted molar refractivity (Wildman–Crippen MR) is 102 cm³/mol. The van der Waals surface area contributed by atoms with Crippen molar-refractivity contribution < 1.29 is 4.74 Å². The minimum absolute atomic E-state index is 0.280. The van der Waals surface area contributed by atoms with Crippen LogP contribution in [0, 0.1) is 6.92 Å². The second-order valence-electron chi connectivity index (χ2n) is 5.96. The molecule has 0 saturated carbocycles. The minimum Gasteiger partial charge on any atom is -0.467 e. The number of aromatic nitrogens is 4. The molecule has 6 nitrogen and oxygen atoms in total. The van der Waals surface area contributed by atoms with Crippen molar-refractivity contribution in [3.63, 3.8) is 0 Å². The van der Waals surface area contributed by atoms with Gasteiger partial charge in [0.1, 0.15) is 0 Å². The molecule has 0 amide bonds. The summed E-state index contributed by atoms with van der Waals surface area (Å²) in [6, 6.07) is 20.7. The number of fused-ring (bicyclic) bond motifs is 1. The number of anilines is 1. The highest BCUT2D eigenvalue weighted by Crippen LogP contribution is 2.23. The predicted octanol–water partition coefficient (Wildman–Crippen LogP) is 3.74. The van der Waals surface area contributed by atoms with E-state index in [1.54, 1.807) is 7.11 Å². The highest BCUT2D eigenvalue weighted by Gasteiger charge is 2.13. The quantitative estimate of drug-likeness (QED) is 0.597. The van der Waals surface area contributed by atoms with E-state index in [0.717, 1.165) is 22.2 Å². The third-order valence-electron chi connectivity index (χ3n) is 4.17. The molecule has 130 valence electrons. The monoisotopic (exact) mass is 345 g/mol. The summed E-state index contributed by atoms with van der Waals surface area (Å²) in [6.07, 6.45) is 0. The van der Waals surface area contributed by atoms with E-state index < -0.39 is 0 Å². The van der Waals surface area contributed by atoms with Gasteiger partial charge >= 0.3 is 6.01 Å². The normalized spacial score (nSPS) is 10.8. The van der Waals surface area contributed by atoms with Gasteiger partial charge in [-0.3, -0.25) is 4.57 Å². The fourth-order valence-electron chi connectivity index (χ4n) is 2.95. The zero-order valence-corrected chi connectivity index (χ0v) is 14.7. The number of hydrogen-bond acceptors (Lipinski definition) is 5. The molecular formula is C20H19N5O. The standard InChI is InChI=1S/C20H19N5O/c1-14-12-16-10-6-7-11-17(16)25(14)19-22-18(23-20(24-19)26-2)21-13-15-8-4-3-5-9-15/h3-12H,13H2,1-2H3,(H,21,22,23,24). The molecule has 0 fully saturated rings. The number of aryl methyl sites for hydroxylation is 1. The summed E-state index contributed by atoms with van der Waals surface area (Å²) < 4.78 is 7.29. The number of methoxy groups -OCH3 is 1. The van der Waals surface area contributed by atoms with Gasteiger partial charge in [0.2, 0.25) is 11.9 Å². The molecule has 0 bridgehead atoms. The molecule has 0 spiro atoms. The van der Waals surface area contributed by atoms with Crippen LogP contribution in [-0.2, 0) is 6.54 Å². The maximum absolute atomic E-state index is 5.28. The average Bonchev–Trinajstić information content (AvgIpc) is 3.02. The largest absolute Gasteiger partial charge is 0.467 e. The topological polar surface area (TPSA) is 64.9 Å². The lowest BCUT2D eigenvalue weighted by Gasteiger charge is -2.11. The highest BCUT2D eigenvalue weighted by atomic mass is 16.5. The van der Waals surface area contributed by atoms with Crippen molar-refractivity contribution in [1.29, 1.82) is 0 Å². The fourth-order valence-corrected chi connectivity index (χ4v) is 2.95. The lowest BCUT2D eigenvalue weighted by atomic mass is 10.2. The molecule has 2 aromatic carbocycles. The smallest absolute Gasteiger partial charge is 0.322 e. The summed E-state index contributed by atoms with van der Waals surface area (Å²) >= 11 is 0. The number of benzene rings is 2. The van der Waals surface area contributed by atoms with Crippen LogP contribution in [-0.4, -0.2) is 26.6 Å². The Bertz CT molecular complexity index is 1040. The molecule has 4 aromatic rings. The van der Waals surface area contributed by atoms with Crippen LogP contribution in [0.1, 0.15) is 11.3 Å². The molecule has 6 heteroatoms. The van der Waals surface area contributed by atoms with E-state index in [1.807, 2.05) is 41.8 Å². The Hall–Kier alpha value is -3.41. The molecule has 0 aliphatic carbocycles. The van der Waals surface area contributed by atoms with Crippen LogP contribution in [0.2, 0.25) is 0 Å². The first kappa shape index (κ1) is 16.1. The van der Waals surface area contributed by atoms with Crippen LogP contribution in [0.15, 0.2) is 60.7 Å². The molecule has 0 saturated heterocycles. The molecule has 0 atom stereocenters. The van der Waals surface area contributed by atoms with E-state index in [9.17, 15) is 0 Å². The molecule has 26 heavy (non-hydrogen) atoms. The van der Waals surface area contributed by atoms with Gasteiger partial charge in [-0.2, -0.15) is 15.0 Å². The molecule has 4 rings (SSSR count). The summed E-state index contributed by atoms with van der Waals surface area (Å²) in [6.45, 7) is 2.66. The van der Waals surface area contributed by atoms with E-state index in [0.29, 0.717) is 18.4 Å². The van der Waals surface area contributed by atoms with Crippen LogP contribution in [0.3, 0.4) is 0 Å². The van der Waals surface area contributed by atoms with Crippen LogP contribution < -0.4 is 10.1 Å². The van der Waals surface area contributed by atoms with Gasteiger partial charge in [-0.1, -0.05) is 48.5 Å². The van der Waals surface area contributed by atoms with Gasteiger partial charge in [0, 0.05) is 17.6 Å². The number of nitrogens with one attached hydrogen (secondary N) is 1. The van der Waals surface area contributed by atoms with Crippen molar-refractivity contribution in [2.24, 2.45) is 0 Å². The third kappa shape index (κ3) is 3.09. The minimum atomic E-state index is 0.280. The zero-order valence-electron chi connectivity index (χ0n) is 14.7. The van der Waals surface area contributed by atoms with Gasteiger partial charge in [-0.25, -0.2) is 0 Å². The summed E-state index contributed by atoms with van der Waals surface area (Å²) in [5, 5.41) is 4.39. The second kappa shape index (κ2) is 6.84. The summed E-state index contributed by atoms with van der Waals surface area (Å²) in [4.78, 5) is 13.4. The number of rotatable bonds is 5. The van der Waals surface area contributed by atoms with E-state index in [4.69, 9.17) is 4.74 Å². The van der Waals surface area contributed by atoms with Crippen LogP contribution in [0.4, 0.5) is 5.95 Å². The van der Waals surface area contributed by atoms with Crippen molar-refractivity contribution >= 4 is 16.9 Å². The second-order valence-corrected chi connectivity index (χ2v) is 5.96. The Morgan fingerprint density at radius 2 is 1.73 bits per heavy atom. The number of ether oxygens (including phenoxy) is 1. The number of hydrogen-bond donors (Lipinski definition) is 1. The third-order valence-corrected chi connectivity index (χ3v) is 4.17. The molecule has 0 unspecified atom stereocenters. The Kier molecular flexibility index (Phi) is 4.23. The van der Waals surface area contributed by atoms with Crippen LogP contribution in [0.5, 0.6) is 6.01 Å². The summed E-state index contributed by atoms with van der Waals surface area (Å²) in [7, 11) is 1.56. The van der Waals surface area contributed by atoms with Gasteiger partial charge in [-0.05, 0) is 24.6 Å². The number of nitrogens with zero attached hydrogens (tertiary/aromatic N) is 4. The Balaban J connectivity index is 1.73. The van der Waals surface area contributed by atoms with Gasteiger partial charge in [0.25, 0.3) is 0 Å². The Morgan fingerprint density at radius 1 is 0.962 bits per heavy atom. The summed E-state index contributed by atoms with van der Waals surface area (Å²) in [5.74, 6) is 1.01. The first-order valence-electron chi connectivity index (χ1n) is 8.40. The molecular weight excluding hydrogens is 326 g/mol. The van der Waals surface area contributed by atoms with E-state index in [1.165, 1.54) is 0 Å². The lowest BCUT2D eigenvalue weighted by Crippen LogP contribution is -2.10. The van der Waals surface area contributed by atoms with Gasteiger partial charge < -0.3 is 10.1 Å². The van der Waals surface area contributed by atoms with E-state index in [2.05, 4.69) is 50.6 Å². The van der Waals surface area contributed by atoms with Gasteiger partial charge in [0.05, 0.1) is 12.6 Å². The Labute approximate surface area is 151 Å². The number of para-hydroxylation sites is 1. The van der Waals surface area contributed by atoms with E-state index >= 15 is 0 Å². The van der Waals surface area contributed by atoms with Crippen molar-refractivity contribution in [3.05, 3.63) is 71.9 Å². The maximum Gasteiger partial charge on any atom is 0.322 e. The van der Waals surface area contributed by atoms with Crippen molar-refractivity contribution in [2.75, 3.05) is 12.4 Å². The van der Waals surface area contributed by atoms with Crippen molar-refractivity contribution in [3.8, 4) is 12.0 Å². The van der Waals surface area contributed by atoms with Crippen molar-refractivity contribution in [2.45, 2.75) is 13.5 Å². The first-order chi connectivity index (χ1) is 12.7. The van der Waals surface area contributed by atoms with Crippen LogP contribution in [0.25, 0.3) is 16.9 Å². The van der Waals surface area contributed by atoms with Crippen molar-refractivity contribution in [1.82, 2.24) is 19.5 Å². The molecule has 0 aliphatic rings. The summed E-state index contributed by atoms with van der Waals surface area (Å²) in [5.41, 5.74) is 3.25. The van der Waals surface area contributed by atoms with Crippen LogP contribution >= 0.6 is 0 Å². The molecule has 1 N–H and O–H groups in total. The first-order valence-corrected chi connectivity index (χ1v) is 8.40. The molecule has 0 aliphatic heterocycles. The molecule has 2 heterocycles. The average molecular weight is 345 g/mol. The van der Waals surface area contributed by atoms with Gasteiger partial charge in [0.15, 0.2) is 0 Å². The molecule has 2 aromatic heterocycles.